The van der Waals surface area contributed by atoms with E-state index < -0.39 is 12.5 Å². The SMILES string of the molecule is [2H]C([2H])Oc1ccc(-c2cccc3c2CCC3=O)c(OCC2(C(=O)OCC)CCC2)c1OC. The van der Waals surface area contributed by atoms with Gasteiger partial charge in [-0.2, -0.15) is 0 Å². The average molecular weight is 427 g/mol. The van der Waals surface area contributed by atoms with Crippen molar-refractivity contribution in [2.24, 2.45) is 5.41 Å². The summed E-state index contributed by atoms with van der Waals surface area (Å²) in [6.07, 6.45) is 3.38. The number of hydrogen-bond acceptors (Lipinski definition) is 6. The smallest absolute Gasteiger partial charge is 0.315 e. The molecule has 0 saturated heterocycles. The molecule has 0 spiro atoms. The Balaban J connectivity index is 1.78. The summed E-state index contributed by atoms with van der Waals surface area (Å²) in [5.41, 5.74) is 2.50. The number of ketones is 1. The lowest BCUT2D eigenvalue weighted by atomic mass is 9.69. The molecule has 2 aromatic rings. The van der Waals surface area contributed by atoms with Gasteiger partial charge in [-0.25, -0.2) is 0 Å². The molecule has 6 heteroatoms. The molecule has 31 heavy (non-hydrogen) atoms. The Morgan fingerprint density at radius 2 is 1.87 bits per heavy atom. The molecule has 2 aromatic carbocycles. The second kappa shape index (κ2) is 8.61. The first-order valence-corrected chi connectivity index (χ1v) is 10.6. The topological polar surface area (TPSA) is 71.1 Å². The number of carbonyl (C=O) groups is 2. The minimum absolute atomic E-state index is 0.109. The van der Waals surface area contributed by atoms with Crippen LogP contribution in [0, 0.1) is 5.41 Å². The van der Waals surface area contributed by atoms with Crippen molar-refractivity contribution in [2.75, 3.05) is 27.4 Å². The minimum Gasteiger partial charge on any atom is -0.493 e. The van der Waals surface area contributed by atoms with Crippen molar-refractivity contribution in [1.29, 1.82) is 0 Å². The third-order valence-corrected chi connectivity index (χ3v) is 6.29. The van der Waals surface area contributed by atoms with Crippen molar-refractivity contribution in [3.8, 4) is 28.4 Å². The summed E-state index contributed by atoms with van der Waals surface area (Å²) in [4.78, 5) is 24.9. The molecule has 0 unspecified atom stereocenters. The lowest BCUT2D eigenvalue weighted by Gasteiger charge is -2.38. The zero-order chi connectivity index (χ0) is 23.6. The predicted octanol–water partition coefficient (Wildman–Crippen LogP) is 4.61. The van der Waals surface area contributed by atoms with Crippen molar-refractivity contribution in [1.82, 2.24) is 0 Å². The van der Waals surface area contributed by atoms with Crippen LogP contribution in [0.15, 0.2) is 30.3 Å². The molecular weight excluding hydrogens is 396 g/mol. The molecule has 1 saturated carbocycles. The van der Waals surface area contributed by atoms with E-state index in [0.717, 1.165) is 17.5 Å². The van der Waals surface area contributed by atoms with Crippen LogP contribution in [0.5, 0.6) is 17.2 Å². The quantitative estimate of drug-likeness (QED) is 0.574. The molecule has 6 nitrogen and oxygen atoms in total. The number of esters is 1. The molecule has 2 aliphatic rings. The number of fused-ring (bicyclic) bond motifs is 1. The van der Waals surface area contributed by atoms with Crippen molar-refractivity contribution in [3.05, 3.63) is 41.5 Å². The first-order chi connectivity index (χ1) is 15.9. The van der Waals surface area contributed by atoms with Gasteiger partial charge in [0, 0.05) is 17.5 Å². The van der Waals surface area contributed by atoms with Crippen LogP contribution >= 0.6 is 0 Å². The molecule has 0 bridgehead atoms. The fourth-order valence-electron chi connectivity index (χ4n) is 4.43. The summed E-state index contributed by atoms with van der Waals surface area (Å²) in [5.74, 6) is 0.654. The van der Waals surface area contributed by atoms with Gasteiger partial charge in [-0.15, -0.1) is 0 Å². The third-order valence-electron chi connectivity index (χ3n) is 6.29. The molecule has 0 amide bonds. The monoisotopic (exact) mass is 426 g/mol. The molecule has 4 rings (SSSR count). The Bertz CT molecular complexity index is 1060. The lowest BCUT2D eigenvalue weighted by Crippen LogP contribution is -2.44. The summed E-state index contributed by atoms with van der Waals surface area (Å²) in [6, 6.07) is 9.03. The van der Waals surface area contributed by atoms with Gasteiger partial charge in [0.1, 0.15) is 12.0 Å². The fourth-order valence-corrected chi connectivity index (χ4v) is 4.43. The standard InChI is InChI=1S/C25H28O6/c1-4-30-24(27)25(13-6-14-25)15-31-22-19(10-12-21(28-2)23(22)29-3)16-7-5-8-18-17(16)9-11-20(18)26/h5,7-8,10,12H,4,6,9,11,13-15H2,1-3H3/i2D2. The molecule has 0 radical (unpaired) electrons. The minimum atomic E-state index is -1.55. The van der Waals surface area contributed by atoms with Crippen molar-refractivity contribution in [3.63, 3.8) is 0 Å². The second-order valence-corrected chi connectivity index (χ2v) is 7.99. The van der Waals surface area contributed by atoms with E-state index in [1.807, 2.05) is 18.2 Å². The molecule has 2 aliphatic carbocycles. The van der Waals surface area contributed by atoms with Gasteiger partial charge >= 0.3 is 5.97 Å². The van der Waals surface area contributed by atoms with Crippen LogP contribution in [0.25, 0.3) is 11.1 Å². The van der Waals surface area contributed by atoms with Crippen LogP contribution in [0.4, 0.5) is 0 Å². The van der Waals surface area contributed by atoms with Crippen LogP contribution in [0.1, 0.15) is 51.3 Å². The maximum Gasteiger partial charge on any atom is 0.315 e. The third kappa shape index (κ3) is 3.64. The molecule has 0 aliphatic heterocycles. The maximum absolute atomic E-state index is 12.6. The van der Waals surface area contributed by atoms with E-state index in [1.165, 1.54) is 7.11 Å². The number of ether oxygens (including phenoxy) is 4. The van der Waals surface area contributed by atoms with Crippen LogP contribution < -0.4 is 14.2 Å². The van der Waals surface area contributed by atoms with E-state index in [-0.39, 0.29) is 29.9 Å². The maximum atomic E-state index is 12.6. The van der Waals surface area contributed by atoms with Gasteiger partial charge in [0.2, 0.25) is 5.75 Å². The highest BCUT2D eigenvalue weighted by Gasteiger charge is 2.47. The summed E-state index contributed by atoms with van der Waals surface area (Å²) < 4.78 is 37.5. The van der Waals surface area contributed by atoms with E-state index in [1.54, 1.807) is 19.1 Å². The van der Waals surface area contributed by atoms with E-state index in [0.29, 0.717) is 49.2 Å². The number of methoxy groups -OCH3 is 2. The Morgan fingerprint density at radius 1 is 1.06 bits per heavy atom. The normalized spacial score (nSPS) is 17.3. The van der Waals surface area contributed by atoms with Crippen LogP contribution in [-0.2, 0) is 16.0 Å². The first-order valence-electron chi connectivity index (χ1n) is 11.7. The number of carbonyl (C=O) groups excluding carboxylic acids is 2. The summed E-state index contributed by atoms with van der Waals surface area (Å²) in [7, 11) is -0.0841. The molecule has 164 valence electrons. The van der Waals surface area contributed by atoms with Crippen LogP contribution in [0.3, 0.4) is 0 Å². The highest BCUT2D eigenvalue weighted by atomic mass is 16.5. The summed E-state index contributed by atoms with van der Waals surface area (Å²) in [6.45, 7) is 2.19. The average Bonchev–Trinajstić information content (AvgIpc) is 3.14. The zero-order valence-electron chi connectivity index (χ0n) is 19.9. The Hall–Kier alpha value is -3.02. The summed E-state index contributed by atoms with van der Waals surface area (Å²) >= 11 is 0. The molecule has 1 fully saturated rings. The predicted molar refractivity (Wildman–Crippen MR) is 116 cm³/mol. The number of benzene rings is 2. The lowest BCUT2D eigenvalue weighted by molar-refractivity contribution is -0.163. The highest BCUT2D eigenvalue weighted by molar-refractivity contribution is 6.02. The van der Waals surface area contributed by atoms with Gasteiger partial charge in [-0.1, -0.05) is 24.6 Å². The molecular formula is C25H28O6. The van der Waals surface area contributed by atoms with Crippen molar-refractivity contribution in [2.45, 2.75) is 39.0 Å². The van der Waals surface area contributed by atoms with Gasteiger partial charge in [0.15, 0.2) is 17.3 Å². The number of rotatable bonds is 8. The number of hydrogen-bond donors (Lipinski definition) is 0. The second-order valence-electron chi connectivity index (χ2n) is 7.99. The van der Waals surface area contributed by atoms with Gasteiger partial charge in [-0.05, 0) is 49.4 Å². The van der Waals surface area contributed by atoms with E-state index in [9.17, 15) is 9.59 Å². The number of Topliss-reactive ketones (excluding diaryl/α,β-unsaturated/α-hetero) is 1. The van der Waals surface area contributed by atoms with Crippen LogP contribution in [0.2, 0.25) is 0 Å². The van der Waals surface area contributed by atoms with Gasteiger partial charge in [-0.3, -0.25) is 9.59 Å². The molecule has 0 aromatic heterocycles. The Kier molecular flexibility index (Phi) is 5.20. The van der Waals surface area contributed by atoms with Crippen molar-refractivity contribution < 1.29 is 31.3 Å². The van der Waals surface area contributed by atoms with Gasteiger partial charge < -0.3 is 18.9 Å². The first kappa shape index (κ1) is 18.7. The Morgan fingerprint density at radius 3 is 2.55 bits per heavy atom. The molecule has 0 heterocycles. The molecule has 0 atom stereocenters. The van der Waals surface area contributed by atoms with E-state index in [2.05, 4.69) is 0 Å². The van der Waals surface area contributed by atoms with Crippen LogP contribution in [-0.4, -0.2) is 39.1 Å². The molecule has 0 N–H and O–H groups in total. The zero-order valence-corrected chi connectivity index (χ0v) is 17.9. The highest BCUT2D eigenvalue weighted by Crippen LogP contribution is 2.49. The van der Waals surface area contributed by atoms with Gasteiger partial charge in [0.05, 0.1) is 23.5 Å². The summed E-state index contributed by atoms with van der Waals surface area (Å²) in [5, 5.41) is 0. The fraction of sp³-hybridized carbons (Fsp3) is 0.440. The van der Waals surface area contributed by atoms with E-state index >= 15 is 0 Å². The van der Waals surface area contributed by atoms with E-state index in [4.69, 9.17) is 21.7 Å². The van der Waals surface area contributed by atoms with Gasteiger partial charge in [0.25, 0.3) is 0 Å². The largest absolute Gasteiger partial charge is 0.493 e. The Labute approximate surface area is 185 Å². The van der Waals surface area contributed by atoms with Crippen molar-refractivity contribution >= 4 is 11.8 Å².